The number of nitrogens with zero attached hydrogens (tertiary/aromatic N) is 1. The number of hydrogen-bond acceptors (Lipinski definition) is 4. The molecular weight excluding hydrogens is 208 g/mol. The van der Waals surface area contributed by atoms with Crippen LogP contribution in [0.3, 0.4) is 0 Å². The molecule has 0 spiro atoms. The lowest BCUT2D eigenvalue weighted by molar-refractivity contribution is 0.230. The Kier molecular flexibility index (Phi) is 4.70. The Hall–Kier alpha value is -0.450. The number of aliphatic hydroxyl groups excluding tert-OH is 1. The van der Waals surface area contributed by atoms with Gasteiger partial charge in [-0.2, -0.15) is 0 Å². The second kappa shape index (κ2) is 5.58. The zero-order chi connectivity index (χ0) is 11.4. The van der Waals surface area contributed by atoms with Crippen molar-refractivity contribution >= 4 is 11.3 Å². The number of aromatic nitrogens is 1. The van der Waals surface area contributed by atoms with Gasteiger partial charge in [-0.25, -0.2) is 4.98 Å². The Labute approximate surface area is 95.6 Å². The van der Waals surface area contributed by atoms with Crippen molar-refractivity contribution in [1.82, 2.24) is 10.3 Å². The highest BCUT2D eigenvalue weighted by atomic mass is 32.1. The van der Waals surface area contributed by atoms with Crippen LogP contribution in [0.15, 0.2) is 0 Å². The van der Waals surface area contributed by atoms with Crippen molar-refractivity contribution in [1.29, 1.82) is 0 Å². The van der Waals surface area contributed by atoms with Crippen LogP contribution in [-0.4, -0.2) is 22.7 Å². The molecule has 0 aliphatic rings. The van der Waals surface area contributed by atoms with Crippen LogP contribution in [-0.2, 0) is 0 Å². The van der Waals surface area contributed by atoms with Gasteiger partial charge in [0.2, 0.25) is 0 Å². The summed E-state index contributed by atoms with van der Waals surface area (Å²) in [6.45, 7) is 8.45. The Bertz CT molecular complexity index is 308. The summed E-state index contributed by atoms with van der Waals surface area (Å²) in [7, 11) is 0. The number of aryl methyl sites for hydroxylation is 2. The maximum atomic E-state index is 9.12. The molecule has 0 bridgehead atoms. The van der Waals surface area contributed by atoms with E-state index < -0.39 is 0 Å². The normalized spacial score (nSPS) is 15.3. The van der Waals surface area contributed by atoms with Crippen LogP contribution in [0.25, 0.3) is 0 Å². The molecule has 1 aromatic rings. The summed E-state index contributed by atoms with van der Waals surface area (Å²) in [6, 6.07) is 0.454. The van der Waals surface area contributed by atoms with E-state index in [2.05, 4.69) is 24.1 Å². The minimum atomic E-state index is 0.182. The second-order valence-corrected chi connectivity index (χ2v) is 5.09. The zero-order valence-corrected chi connectivity index (χ0v) is 10.7. The topological polar surface area (TPSA) is 45.1 Å². The number of rotatable bonds is 5. The van der Waals surface area contributed by atoms with Crippen LogP contribution in [0.2, 0.25) is 0 Å². The van der Waals surface area contributed by atoms with E-state index >= 15 is 0 Å². The third-order valence-corrected chi connectivity index (χ3v) is 3.79. The van der Waals surface area contributed by atoms with Crippen LogP contribution in [0, 0.1) is 13.8 Å². The van der Waals surface area contributed by atoms with Crippen LogP contribution in [0.4, 0.5) is 0 Å². The van der Waals surface area contributed by atoms with Gasteiger partial charge in [0.05, 0.1) is 17.3 Å². The Morgan fingerprint density at radius 2 is 2.13 bits per heavy atom. The first-order valence-corrected chi connectivity index (χ1v) is 6.21. The largest absolute Gasteiger partial charge is 0.395 e. The molecule has 0 amide bonds. The van der Waals surface area contributed by atoms with E-state index in [1.807, 2.05) is 13.8 Å². The second-order valence-electron chi connectivity index (χ2n) is 3.86. The highest BCUT2D eigenvalue weighted by molar-refractivity contribution is 7.11. The molecule has 1 aromatic heterocycles. The number of thiazole rings is 1. The Morgan fingerprint density at radius 3 is 2.53 bits per heavy atom. The Morgan fingerprint density at radius 1 is 1.47 bits per heavy atom. The molecule has 4 heteroatoms. The van der Waals surface area contributed by atoms with Crippen molar-refractivity contribution in [2.75, 3.05) is 6.61 Å². The van der Waals surface area contributed by atoms with Gasteiger partial charge in [0.1, 0.15) is 0 Å². The highest BCUT2D eigenvalue weighted by Gasteiger charge is 2.15. The first-order valence-electron chi connectivity index (χ1n) is 5.39. The summed E-state index contributed by atoms with van der Waals surface area (Å²) in [5.74, 6) is 0. The smallest absolute Gasteiger partial charge is 0.0900 e. The molecule has 0 fully saturated rings. The molecule has 2 atom stereocenters. The van der Waals surface area contributed by atoms with E-state index in [1.165, 1.54) is 4.88 Å². The SMILES string of the molecule is CC[C@H](CO)NC(C)c1sc(C)nc1C. The maximum absolute atomic E-state index is 9.12. The van der Waals surface area contributed by atoms with Gasteiger partial charge in [-0.3, -0.25) is 0 Å². The molecule has 1 heterocycles. The van der Waals surface area contributed by atoms with Gasteiger partial charge in [0, 0.05) is 17.0 Å². The number of aliphatic hydroxyl groups is 1. The lowest BCUT2D eigenvalue weighted by atomic mass is 10.2. The molecule has 1 unspecified atom stereocenters. The van der Waals surface area contributed by atoms with E-state index in [1.54, 1.807) is 11.3 Å². The fraction of sp³-hybridized carbons (Fsp3) is 0.727. The summed E-state index contributed by atoms with van der Waals surface area (Å²) in [4.78, 5) is 5.68. The molecule has 0 aliphatic heterocycles. The van der Waals surface area contributed by atoms with Gasteiger partial charge in [0.15, 0.2) is 0 Å². The van der Waals surface area contributed by atoms with E-state index in [0.29, 0.717) is 0 Å². The monoisotopic (exact) mass is 228 g/mol. The van der Waals surface area contributed by atoms with Gasteiger partial charge in [-0.15, -0.1) is 11.3 Å². The van der Waals surface area contributed by atoms with Gasteiger partial charge < -0.3 is 10.4 Å². The first-order chi connectivity index (χ1) is 7.08. The van der Waals surface area contributed by atoms with E-state index in [9.17, 15) is 0 Å². The van der Waals surface area contributed by atoms with Crippen LogP contribution in [0.5, 0.6) is 0 Å². The molecule has 2 N–H and O–H groups in total. The quantitative estimate of drug-likeness (QED) is 0.812. The van der Waals surface area contributed by atoms with Crippen LogP contribution < -0.4 is 5.32 Å². The molecule has 0 radical (unpaired) electrons. The standard InChI is InChI=1S/C11H20N2OS/c1-5-10(6-14)13-8(3)11-7(2)12-9(4)15-11/h8,10,13-14H,5-6H2,1-4H3/t8?,10-/m1/s1. The minimum Gasteiger partial charge on any atom is -0.395 e. The molecular formula is C11H20N2OS. The van der Waals surface area contributed by atoms with E-state index in [0.717, 1.165) is 17.1 Å². The molecule has 86 valence electrons. The zero-order valence-electron chi connectivity index (χ0n) is 9.87. The lowest BCUT2D eigenvalue weighted by Crippen LogP contribution is -2.33. The Balaban J connectivity index is 2.67. The molecule has 1 rings (SSSR count). The van der Waals surface area contributed by atoms with Crippen molar-refractivity contribution < 1.29 is 5.11 Å². The van der Waals surface area contributed by atoms with Gasteiger partial charge in [-0.1, -0.05) is 6.92 Å². The third-order valence-electron chi connectivity index (χ3n) is 2.53. The average molecular weight is 228 g/mol. The lowest BCUT2D eigenvalue weighted by Gasteiger charge is -2.19. The number of hydrogen-bond donors (Lipinski definition) is 2. The molecule has 0 saturated heterocycles. The van der Waals surface area contributed by atoms with Crippen LogP contribution >= 0.6 is 11.3 Å². The predicted octanol–water partition coefficient (Wildman–Crippen LogP) is 2.18. The number of nitrogens with one attached hydrogen (secondary N) is 1. The summed E-state index contributed by atoms with van der Waals surface area (Å²) < 4.78 is 0. The maximum Gasteiger partial charge on any atom is 0.0900 e. The minimum absolute atomic E-state index is 0.182. The van der Waals surface area contributed by atoms with Gasteiger partial charge in [-0.05, 0) is 27.2 Å². The van der Waals surface area contributed by atoms with E-state index in [4.69, 9.17) is 5.11 Å². The molecule has 3 nitrogen and oxygen atoms in total. The first kappa shape index (κ1) is 12.6. The highest BCUT2D eigenvalue weighted by Crippen LogP contribution is 2.24. The summed E-state index contributed by atoms with van der Waals surface area (Å²) in [5.41, 5.74) is 1.10. The van der Waals surface area contributed by atoms with Crippen molar-refractivity contribution in [2.45, 2.75) is 46.2 Å². The molecule has 0 saturated carbocycles. The fourth-order valence-corrected chi connectivity index (χ4v) is 2.62. The van der Waals surface area contributed by atoms with Gasteiger partial charge >= 0.3 is 0 Å². The summed E-state index contributed by atoms with van der Waals surface area (Å²) in [5, 5.41) is 13.6. The van der Waals surface area contributed by atoms with Crippen molar-refractivity contribution in [3.63, 3.8) is 0 Å². The molecule has 0 aliphatic carbocycles. The van der Waals surface area contributed by atoms with Crippen molar-refractivity contribution in [3.8, 4) is 0 Å². The fourth-order valence-electron chi connectivity index (χ4n) is 1.68. The molecule has 0 aromatic carbocycles. The summed E-state index contributed by atoms with van der Waals surface area (Å²) in [6.07, 6.45) is 0.942. The van der Waals surface area contributed by atoms with Crippen molar-refractivity contribution in [2.24, 2.45) is 0 Å². The third kappa shape index (κ3) is 3.26. The van der Waals surface area contributed by atoms with Gasteiger partial charge in [0.25, 0.3) is 0 Å². The van der Waals surface area contributed by atoms with Crippen molar-refractivity contribution in [3.05, 3.63) is 15.6 Å². The predicted molar refractivity (Wildman–Crippen MR) is 64.3 cm³/mol. The molecule has 15 heavy (non-hydrogen) atoms. The summed E-state index contributed by atoms with van der Waals surface area (Å²) >= 11 is 1.73. The van der Waals surface area contributed by atoms with Crippen LogP contribution in [0.1, 0.15) is 41.9 Å². The van der Waals surface area contributed by atoms with E-state index in [-0.39, 0.29) is 18.7 Å². The average Bonchev–Trinajstić information content (AvgIpc) is 2.54.